The second-order valence-corrected chi connectivity index (χ2v) is 4.79. The number of likely N-dealkylation sites (N-methyl/N-ethyl adjacent to an activating group) is 1. The number of aromatic nitrogens is 3. The number of hydrogen-bond donors (Lipinski definition) is 0. The van der Waals surface area contributed by atoms with Crippen molar-refractivity contribution < 1.29 is 9.53 Å². The minimum absolute atomic E-state index is 0.0113. The number of methoxy groups -OCH3 is 1. The Balaban J connectivity index is 2.19. The van der Waals surface area contributed by atoms with E-state index in [0.29, 0.717) is 17.8 Å². The van der Waals surface area contributed by atoms with E-state index in [9.17, 15) is 4.79 Å². The van der Waals surface area contributed by atoms with Crippen LogP contribution in [-0.2, 0) is 4.74 Å². The summed E-state index contributed by atoms with van der Waals surface area (Å²) < 4.78 is 5.18. The normalized spacial score (nSPS) is 12.0. The van der Waals surface area contributed by atoms with E-state index in [4.69, 9.17) is 4.74 Å². The second kappa shape index (κ2) is 6.90. The molecule has 2 aromatic rings. The van der Waals surface area contributed by atoms with Gasteiger partial charge in [-0.05, 0) is 19.1 Å². The first-order valence-electron chi connectivity index (χ1n) is 6.61. The van der Waals surface area contributed by atoms with Gasteiger partial charge in [0.2, 0.25) is 0 Å². The molecule has 0 aliphatic carbocycles. The maximum Gasteiger partial charge on any atom is 0.253 e. The largest absolute Gasteiger partial charge is 0.380 e. The van der Waals surface area contributed by atoms with Gasteiger partial charge in [-0.3, -0.25) is 9.78 Å². The van der Waals surface area contributed by atoms with Crippen molar-refractivity contribution in [3.63, 3.8) is 0 Å². The summed E-state index contributed by atoms with van der Waals surface area (Å²) in [4.78, 5) is 26.2. The van der Waals surface area contributed by atoms with Gasteiger partial charge in [0.05, 0.1) is 11.8 Å². The Morgan fingerprint density at radius 2 is 2.10 bits per heavy atom. The number of carbonyl (C=O) groups excluding carboxylic acids is 1. The van der Waals surface area contributed by atoms with Crippen LogP contribution in [0.2, 0.25) is 0 Å². The Hall–Kier alpha value is -2.34. The van der Waals surface area contributed by atoms with Crippen LogP contribution < -0.4 is 0 Å². The van der Waals surface area contributed by atoms with Crippen LogP contribution in [0.1, 0.15) is 17.3 Å². The van der Waals surface area contributed by atoms with Gasteiger partial charge >= 0.3 is 0 Å². The third-order valence-corrected chi connectivity index (χ3v) is 3.14. The van der Waals surface area contributed by atoms with Crippen LogP contribution in [0, 0.1) is 0 Å². The number of rotatable bonds is 5. The summed E-state index contributed by atoms with van der Waals surface area (Å²) in [5.74, 6) is -0.0700. The van der Waals surface area contributed by atoms with Gasteiger partial charge < -0.3 is 9.64 Å². The predicted molar refractivity (Wildman–Crippen MR) is 78.7 cm³/mol. The van der Waals surface area contributed by atoms with Crippen molar-refractivity contribution in [3.05, 3.63) is 42.6 Å². The van der Waals surface area contributed by atoms with E-state index in [1.165, 1.54) is 6.33 Å². The van der Waals surface area contributed by atoms with E-state index < -0.39 is 0 Å². The summed E-state index contributed by atoms with van der Waals surface area (Å²) in [6.45, 7) is 2.45. The highest BCUT2D eigenvalue weighted by Gasteiger charge is 2.15. The lowest BCUT2D eigenvalue weighted by Gasteiger charge is -2.20. The first kappa shape index (κ1) is 15.1. The van der Waals surface area contributed by atoms with Gasteiger partial charge in [0.15, 0.2) is 0 Å². The lowest BCUT2D eigenvalue weighted by Crippen LogP contribution is -2.33. The Bertz CT molecular complexity index is 604. The molecule has 0 unspecified atom stereocenters. The summed E-state index contributed by atoms with van der Waals surface area (Å²) in [5, 5.41) is 0. The van der Waals surface area contributed by atoms with E-state index in [-0.39, 0.29) is 12.0 Å². The lowest BCUT2D eigenvalue weighted by molar-refractivity contribution is 0.0600. The molecule has 0 aliphatic rings. The number of ether oxygens (including phenoxy) is 1. The molecule has 1 amide bonds. The fraction of sp³-hybridized carbons (Fsp3) is 0.333. The number of amides is 1. The topological polar surface area (TPSA) is 68.2 Å². The summed E-state index contributed by atoms with van der Waals surface area (Å²) in [6.07, 6.45) is 6.39. The maximum atomic E-state index is 12.4. The van der Waals surface area contributed by atoms with Gasteiger partial charge in [0, 0.05) is 50.4 Å². The molecule has 2 aromatic heterocycles. The monoisotopic (exact) mass is 286 g/mol. The molecule has 0 aromatic carbocycles. The molecule has 0 bridgehead atoms. The fourth-order valence-corrected chi connectivity index (χ4v) is 1.92. The first-order valence-corrected chi connectivity index (χ1v) is 6.61. The zero-order valence-corrected chi connectivity index (χ0v) is 12.4. The van der Waals surface area contributed by atoms with Gasteiger partial charge in [-0.1, -0.05) is 0 Å². The van der Waals surface area contributed by atoms with Crippen molar-refractivity contribution in [3.8, 4) is 11.3 Å². The average molecular weight is 286 g/mol. The SMILES string of the molecule is CO[C@@H](C)CN(C)C(=O)c1ccnc(-c2cncnc2)c1. The Kier molecular flexibility index (Phi) is 4.94. The zero-order valence-electron chi connectivity index (χ0n) is 12.4. The highest BCUT2D eigenvalue weighted by molar-refractivity contribution is 5.94. The molecule has 0 saturated carbocycles. The van der Waals surface area contributed by atoms with Gasteiger partial charge in [-0.15, -0.1) is 0 Å². The number of hydrogen-bond acceptors (Lipinski definition) is 5. The molecule has 6 nitrogen and oxygen atoms in total. The van der Waals surface area contributed by atoms with Crippen LogP contribution >= 0.6 is 0 Å². The van der Waals surface area contributed by atoms with Crippen LogP contribution in [0.15, 0.2) is 37.1 Å². The Morgan fingerprint density at radius 1 is 1.38 bits per heavy atom. The Labute approximate surface area is 123 Å². The lowest BCUT2D eigenvalue weighted by atomic mass is 10.1. The minimum atomic E-state index is -0.0700. The number of nitrogens with zero attached hydrogens (tertiary/aromatic N) is 4. The van der Waals surface area contributed by atoms with Crippen LogP contribution in [0.25, 0.3) is 11.3 Å². The summed E-state index contributed by atoms with van der Waals surface area (Å²) in [5.41, 5.74) is 2.03. The highest BCUT2D eigenvalue weighted by Crippen LogP contribution is 2.16. The van der Waals surface area contributed by atoms with Crippen LogP contribution in [-0.4, -0.2) is 52.6 Å². The van der Waals surface area contributed by atoms with Crippen molar-refractivity contribution in [1.82, 2.24) is 19.9 Å². The number of carbonyl (C=O) groups is 1. The van der Waals surface area contributed by atoms with Gasteiger partial charge in [-0.2, -0.15) is 0 Å². The van der Waals surface area contributed by atoms with Gasteiger partial charge in [0.25, 0.3) is 5.91 Å². The van der Waals surface area contributed by atoms with Crippen LogP contribution in [0.3, 0.4) is 0 Å². The molecule has 110 valence electrons. The molecule has 0 fully saturated rings. The predicted octanol–water partition coefficient (Wildman–Crippen LogP) is 1.65. The van der Waals surface area contributed by atoms with E-state index in [1.54, 1.807) is 49.8 Å². The molecular formula is C15H18N4O2. The molecule has 21 heavy (non-hydrogen) atoms. The van der Waals surface area contributed by atoms with E-state index in [2.05, 4.69) is 15.0 Å². The summed E-state index contributed by atoms with van der Waals surface area (Å²) in [6, 6.07) is 3.44. The van der Waals surface area contributed by atoms with Crippen LogP contribution in [0.5, 0.6) is 0 Å². The molecule has 0 N–H and O–H groups in total. The summed E-state index contributed by atoms with van der Waals surface area (Å²) in [7, 11) is 3.38. The van der Waals surface area contributed by atoms with Crippen molar-refractivity contribution in [2.45, 2.75) is 13.0 Å². The first-order chi connectivity index (χ1) is 10.1. The highest BCUT2D eigenvalue weighted by atomic mass is 16.5. The van der Waals surface area contributed by atoms with Crippen molar-refractivity contribution in [2.75, 3.05) is 20.7 Å². The second-order valence-electron chi connectivity index (χ2n) is 4.79. The molecule has 2 rings (SSSR count). The molecule has 0 saturated heterocycles. The molecule has 6 heteroatoms. The maximum absolute atomic E-state index is 12.4. The molecule has 0 radical (unpaired) electrons. The number of pyridine rings is 1. The molecule has 1 atom stereocenters. The van der Waals surface area contributed by atoms with Crippen molar-refractivity contribution in [2.24, 2.45) is 0 Å². The third kappa shape index (κ3) is 3.82. The molecule has 0 spiro atoms. The van der Waals surface area contributed by atoms with E-state index in [1.807, 2.05) is 6.92 Å². The van der Waals surface area contributed by atoms with Gasteiger partial charge in [0.1, 0.15) is 6.33 Å². The van der Waals surface area contributed by atoms with Gasteiger partial charge in [-0.25, -0.2) is 9.97 Å². The van der Waals surface area contributed by atoms with Crippen molar-refractivity contribution >= 4 is 5.91 Å². The third-order valence-electron chi connectivity index (χ3n) is 3.14. The van der Waals surface area contributed by atoms with Crippen LogP contribution in [0.4, 0.5) is 0 Å². The Morgan fingerprint density at radius 3 is 2.76 bits per heavy atom. The average Bonchev–Trinajstić information content (AvgIpc) is 2.54. The van der Waals surface area contributed by atoms with E-state index in [0.717, 1.165) is 5.56 Å². The molecule has 2 heterocycles. The minimum Gasteiger partial charge on any atom is -0.380 e. The van der Waals surface area contributed by atoms with Crippen molar-refractivity contribution in [1.29, 1.82) is 0 Å². The zero-order chi connectivity index (χ0) is 15.2. The standard InChI is InChI=1S/C15H18N4O2/c1-11(21-3)9-19(2)15(20)12-4-5-18-14(6-12)13-7-16-10-17-8-13/h4-8,10-11H,9H2,1-3H3/t11-/m0/s1. The van der Waals surface area contributed by atoms with E-state index >= 15 is 0 Å². The smallest absolute Gasteiger partial charge is 0.253 e. The quantitative estimate of drug-likeness (QED) is 0.836. The fourth-order valence-electron chi connectivity index (χ4n) is 1.92. The molecule has 0 aliphatic heterocycles. The summed E-state index contributed by atoms with van der Waals surface area (Å²) >= 11 is 0. The molecular weight excluding hydrogens is 268 g/mol.